The smallest absolute Gasteiger partial charge is 0.248 e. The van der Waals surface area contributed by atoms with Crippen molar-refractivity contribution in [2.45, 2.75) is 57.5 Å². The molecule has 2 heterocycles. The molecule has 2 fully saturated rings. The minimum Gasteiger partial charge on any atom is -0.392 e. The molecule has 2 aromatic rings. The average molecular weight is 426 g/mol. The second-order valence-electron chi connectivity index (χ2n) is 8.38. The molecule has 1 aliphatic carbocycles. The van der Waals surface area contributed by atoms with E-state index in [4.69, 9.17) is 10.6 Å². The lowest BCUT2D eigenvalue weighted by molar-refractivity contribution is 0.0406. The molecule has 1 aromatic heterocycles. The first kappa shape index (κ1) is 21.2. The van der Waals surface area contributed by atoms with Gasteiger partial charge in [-0.1, -0.05) is 11.2 Å². The molecule has 1 saturated carbocycles. The highest BCUT2D eigenvalue weighted by molar-refractivity contribution is 5.92. The molecular formula is C23H28FN5O2. The number of anilines is 1. The van der Waals surface area contributed by atoms with Gasteiger partial charge in [-0.15, -0.1) is 0 Å². The summed E-state index contributed by atoms with van der Waals surface area (Å²) in [5.41, 5.74) is 8.16. The van der Waals surface area contributed by atoms with Crippen LogP contribution in [0.5, 0.6) is 0 Å². The van der Waals surface area contributed by atoms with Crippen LogP contribution < -0.4 is 10.6 Å². The van der Waals surface area contributed by atoms with Crippen molar-refractivity contribution in [2.24, 2.45) is 10.9 Å². The molecule has 2 N–H and O–H groups in total. The number of rotatable bonds is 5. The van der Waals surface area contributed by atoms with Crippen LogP contribution in [0.2, 0.25) is 0 Å². The van der Waals surface area contributed by atoms with Crippen LogP contribution in [0.4, 0.5) is 10.3 Å². The Kier molecular flexibility index (Phi) is 6.44. The Bertz CT molecular complexity index is 945. The molecule has 0 radical (unpaired) electrons. The SMILES string of the molecule is Cc1cnc(N2CCC(ON=C3CCC(c4ccc(C(N)=O)cc4F)CC3)CC2)nc1. The fourth-order valence-corrected chi connectivity index (χ4v) is 4.22. The van der Waals surface area contributed by atoms with Crippen molar-refractivity contribution in [3.63, 3.8) is 0 Å². The van der Waals surface area contributed by atoms with E-state index in [1.165, 1.54) is 6.07 Å². The zero-order chi connectivity index (χ0) is 21.8. The van der Waals surface area contributed by atoms with E-state index in [-0.39, 0.29) is 23.4 Å². The molecular weight excluding hydrogens is 397 g/mol. The van der Waals surface area contributed by atoms with Gasteiger partial charge in [0.2, 0.25) is 11.9 Å². The Balaban J connectivity index is 1.25. The predicted molar refractivity (Wildman–Crippen MR) is 117 cm³/mol. The predicted octanol–water partition coefficient (Wildman–Crippen LogP) is 3.72. The number of nitrogens with two attached hydrogens (primary N) is 1. The normalized spacial score (nSPS) is 19.9. The number of benzene rings is 1. The summed E-state index contributed by atoms with van der Waals surface area (Å²) in [6.45, 7) is 3.68. The van der Waals surface area contributed by atoms with Gasteiger partial charge in [0.05, 0.1) is 5.71 Å². The van der Waals surface area contributed by atoms with Gasteiger partial charge in [-0.05, 0) is 61.8 Å². The Morgan fingerprint density at radius 2 is 1.84 bits per heavy atom. The van der Waals surface area contributed by atoms with Gasteiger partial charge in [0.1, 0.15) is 11.9 Å². The van der Waals surface area contributed by atoms with E-state index in [9.17, 15) is 9.18 Å². The first-order chi connectivity index (χ1) is 15.0. The van der Waals surface area contributed by atoms with E-state index in [2.05, 4.69) is 20.0 Å². The van der Waals surface area contributed by atoms with Gasteiger partial charge in [0.15, 0.2) is 0 Å². The largest absolute Gasteiger partial charge is 0.392 e. The molecule has 1 aromatic carbocycles. The molecule has 1 amide bonds. The van der Waals surface area contributed by atoms with Gasteiger partial charge in [0, 0.05) is 43.9 Å². The summed E-state index contributed by atoms with van der Waals surface area (Å²) in [5, 5.41) is 4.42. The van der Waals surface area contributed by atoms with Crippen LogP contribution in [-0.2, 0) is 4.84 Å². The lowest BCUT2D eigenvalue weighted by atomic mass is 9.82. The molecule has 2 aliphatic rings. The number of amides is 1. The number of aryl methyl sites for hydroxylation is 1. The van der Waals surface area contributed by atoms with Crippen molar-refractivity contribution >= 4 is 17.6 Å². The van der Waals surface area contributed by atoms with Crippen molar-refractivity contribution in [3.8, 4) is 0 Å². The third-order valence-corrected chi connectivity index (χ3v) is 6.11. The maximum absolute atomic E-state index is 14.4. The van der Waals surface area contributed by atoms with Crippen LogP contribution in [0.15, 0.2) is 35.7 Å². The van der Waals surface area contributed by atoms with E-state index in [1.54, 1.807) is 12.1 Å². The molecule has 8 heteroatoms. The molecule has 0 spiro atoms. The summed E-state index contributed by atoms with van der Waals surface area (Å²) in [6, 6.07) is 4.52. The van der Waals surface area contributed by atoms with Gasteiger partial charge in [0.25, 0.3) is 0 Å². The van der Waals surface area contributed by atoms with Crippen molar-refractivity contribution in [3.05, 3.63) is 53.1 Å². The number of nitrogens with zero attached hydrogens (tertiary/aromatic N) is 4. The fraction of sp³-hybridized carbons (Fsp3) is 0.478. The molecule has 0 bridgehead atoms. The molecule has 0 atom stereocenters. The molecule has 1 saturated heterocycles. The van der Waals surface area contributed by atoms with Gasteiger partial charge in [-0.25, -0.2) is 14.4 Å². The summed E-state index contributed by atoms with van der Waals surface area (Å²) >= 11 is 0. The third-order valence-electron chi connectivity index (χ3n) is 6.11. The highest BCUT2D eigenvalue weighted by Crippen LogP contribution is 2.33. The number of carbonyl (C=O) groups excluding carboxylic acids is 1. The topological polar surface area (TPSA) is 93.7 Å². The number of hydrogen-bond acceptors (Lipinski definition) is 6. The highest BCUT2D eigenvalue weighted by atomic mass is 19.1. The van der Waals surface area contributed by atoms with E-state index in [1.807, 2.05) is 19.3 Å². The van der Waals surface area contributed by atoms with Crippen LogP contribution in [0, 0.1) is 12.7 Å². The van der Waals surface area contributed by atoms with E-state index in [0.717, 1.165) is 68.8 Å². The number of hydrogen-bond donors (Lipinski definition) is 1. The summed E-state index contributed by atoms with van der Waals surface area (Å²) in [7, 11) is 0. The zero-order valence-electron chi connectivity index (χ0n) is 17.8. The summed E-state index contributed by atoms with van der Waals surface area (Å²) in [6.07, 6.45) is 8.76. The molecule has 4 rings (SSSR count). The third kappa shape index (κ3) is 5.18. The van der Waals surface area contributed by atoms with Crippen molar-refractivity contribution in [2.75, 3.05) is 18.0 Å². The van der Waals surface area contributed by atoms with Crippen LogP contribution in [0.25, 0.3) is 0 Å². The summed E-state index contributed by atoms with van der Waals surface area (Å²) in [5.74, 6) is -0.0800. The number of piperidine rings is 1. The fourth-order valence-electron chi connectivity index (χ4n) is 4.22. The molecule has 1 aliphatic heterocycles. The van der Waals surface area contributed by atoms with Crippen molar-refractivity contribution in [1.29, 1.82) is 0 Å². The minimum absolute atomic E-state index is 0.103. The first-order valence-corrected chi connectivity index (χ1v) is 10.8. The van der Waals surface area contributed by atoms with Crippen LogP contribution in [0.1, 0.15) is 65.9 Å². The second-order valence-corrected chi connectivity index (χ2v) is 8.38. The minimum atomic E-state index is -0.613. The average Bonchev–Trinajstić information content (AvgIpc) is 2.79. The molecule has 7 nitrogen and oxygen atoms in total. The Morgan fingerprint density at radius 3 is 2.45 bits per heavy atom. The molecule has 31 heavy (non-hydrogen) atoms. The van der Waals surface area contributed by atoms with Gasteiger partial charge >= 0.3 is 0 Å². The van der Waals surface area contributed by atoms with Crippen molar-refractivity contribution in [1.82, 2.24) is 9.97 Å². The second kappa shape index (κ2) is 9.41. The Morgan fingerprint density at radius 1 is 1.16 bits per heavy atom. The maximum atomic E-state index is 14.4. The van der Waals surface area contributed by atoms with Crippen molar-refractivity contribution < 1.29 is 14.0 Å². The Labute approximate surface area is 181 Å². The quantitative estimate of drug-likeness (QED) is 0.737. The standard InChI is InChI=1S/C23H28FN5O2/c1-15-13-26-23(27-14-15)29-10-8-19(9-11-29)31-28-18-5-2-16(3-6-18)20-7-4-17(22(25)30)12-21(20)24/h4,7,12-14,16,19H,2-3,5-6,8-11H2,1H3,(H2,25,30). The Hall–Kier alpha value is -3.03. The number of oxime groups is 1. The van der Waals surface area contributed by atoms with Crippen LogP contribution in [-0.4, -0.2) is 40.8 Å². The van der Waals surface area contributed by atoms with Crippen LogP contribution in [0.3, 0.4) is 0 Å². The van der Waals surface area contributed by atoms with Crippen LogP contribution >= 0.6 is 0 Å². The summed E-state index contributed by atoms with van der Waals surface area (Å²) in [4.78, 5) is 28.0. The molecule has 164 valence electrons. The van der Waals surface area contributed by atoms with E-state index in [0.29, 0.717) is 5.56 Å². The van der Waals surface area contributed by atoms with E-state index >= 15 is 0 Å². The number of aromatic nitrogens is 2. The summed E-state index contributed by atoms with van der Waals surface area (Å²) < 4.78 is 14.4. The zero-order valence-corrected chi connectivity index (χ0v) is 17.8. The maximum Gasteiger partial charge on any atom is 0.248 e. The van der Waals surface area contributed by atoms with Gasteiger partial charge in [-0.2, -0.15) is 0 Å². The molecule has 0 unspecified atom stereocenters. The lowest BCUT2D eigenvalue weighted by Gasteiger charge is -2.31. The monoisotopic (exact) mass is 425 g/mol. The first-order valence-electron chi connectivity index (χ1n) is 10.8. The number of carbonyl (C=O) groups is 1. The van der Waals surface area contributed by atoms with Gasteiger partial charge < -0.3 is 15.5 Å². The highest BCUT2D eigenvalue weighted by Gasteiger charge is 2.25. The number of primary amides is 1. The number of halogens is 1. The van der Waals surface area contributed by atoms with Gasteiger partial charge in [-0.3, -0.25) is 4.79 Å². The van der Waals surface area contributed by atoms with E-state index < -0.39 is 5.91 Å². The lowest BCUT2D eigenvalue weighted by Crippen LogP contribution is -2.37.